The van der Waals surface area contributed by atoms with Gasteiger partial charge in [0.05, 0.1) is 22.3 Å². The van der Waals surface area contributed by atoms with Gasteiger partial charge >= 0.3 is 0 Å². The van der Waals surface area contributed by atoms with Crippen molar-refractivity contribution in [3.05, 3.63) is 77.1 Å². The van der Waals surface area contributed by atoms with Gasteiger partial charge in [-0.25, -0.2) is 9.67 Å². The molecular weight excluding hydrogens is 374 g/mol. The van der Waals surface area contributed by atoms with E-state index in [1.165, 1.54) is 16.3 Å². The second-order valence-corrected chi connectivity index (χ2v) is 7.17. The van der Waals surface area contributed by atoms with Gasteiger partial charge in [0.25, 0.3) is 5.56 Å². The third-order valence-corrected chi connectivity index (χ3v) is 5.36. The van der Waals surface area contributed by atoms with Gasteiger partial charge in [0.1, 0.15) is 12.2 Å². The van der Waals surface area contributed by atoms with E-state index in [0.717, 1.165) is 17.0 Å². The summed E-state index contributed by atoms with van der Waals surface area (Å²) in [5.41, 5.74) is 1.66. The number of hydrogen-bond acceptors (Lipinski definition) is 6. The van der Waals surface area contributed by atoms with E-state index in [1.54, 1.807) is 18.1 Å². The van der Waals surface area contributed by atoms with Crippen molar-refractivity contribution in [2.45, 2.75) is 10.9 Å². The molecule has 0 unspecified atom stereocenters. The standard InChI is InChI=1S/C19H15N7OS/c1-24-17(27)14-9-5-6-10-15(14)26-16(21-22-19(24)26)11-28-18-20-12-25(23-18)13-7-3-2-4-8-13/h2-10,12H,11H2,1H3. The molecule has 0 saturated carbocycles. The lowest BCUT2D eigenvalue weighted by molar-refractivity contribution is 0.833. The Labute approximate surface area is 163 Å². The predicted molar refractivity (Wildman–Crippen MR) is 107 cm³/mol. The van der Waals surface area contributed by atoms with Crippen LogP contribution in [0.1, 0.15) is 5.82 Å². The van der Waals surface area contributed by atoms with Crippen LogP contribution in [-0.4, -0.2) is 33.9 Å². The number of benzene rings is 2. The molecule has 0 aliphatic rings. The van der Waals surface area contributed by atoms with E-state index in [0.29, 0.717) is 22.1 Å². The first-order valence-electron chi connectivity index (χ1n) is 8.64. The molecule has 0 aliphatic heterocycles. The van der Waals surface area contributed by atoms with Crippen molar-refractivity contribution in [3.8, 4) is 5.69 Å². The molecule has 0 spiro atoms. The Morgan fingerprint density at radius 2 is 1.79 bits per heavy atom. The maximum Gasteiger partial charge on any atom is 0.262 e. The number of fused-ring (bicyclic) bond motifs is 3. The average Bonchev–Trinajstić information content (AvgIpc) is 3.38. The summed E-state index contributed by atoms with van der Waals surface area (Å²) in [6.45, 7) is 0. The van der Waals surface area contributed by atoms with Crippen LogP contribution < -0.4 is 5.56 Å². The average molecular weight is 389 g/mol. The number of thioether (sulfide) groups is 1. The lowest BCUT2D eigenvalue weighted by Crippen LogP contribution is -2.20. The van der Waals surface area contributed by atoms with E-state index in [2.05, 4.69) is 20.3 Å². The van der Waals surface area contributed by atoms with Crippen molar-refractivity contribution >= 4 is 28.4 Å². The molecule has 3 heterocycles. The van der Waals surface area contributed by atoms with Gasteiger partial charge in [0, 0.05) is 7.05 Å². The Bertz CT molecular complexity index is 1350. The zero-order valence-electron chi connectivity index (χ0n) is 14.9. The third-order valence-electron chi connectivity index (χ3n) is 4.51. The Hall–Kier alpha value is -3.46. The maximum absolute atomic E-state index is 12.5. The van der Waals surface area contributed by atoms with Crippen molar-refractivity contribution in [2.75, 3.05) is 0 Å². The van der Waals surface area contributed by atoms with E-state index in [1.807, 2.05) is 59.0 Å². The molecule has 3 aromatic heterocycles. The van der Waals surface area contributed by atoms with Gasteiger partial charge in [-0.1, -0.05) is 42.1 Å². The number of hydrogen-bond donors (Lipinski definition) is 0. The quantitative estimate of drug-likeness (QED) is 0.439. The minimum atomic E-state index is -0.0852. The SMILES string of the molecule is Cn1c(=O)c2ccccc2n2c(CSc3ncn(-c4ccccc4)n3)nnc12. The van der Waals surface area contributed by atoms with Crippen molar-refractivity contribution in [1.29, 1.82) is 0 Å². The van der Waals surface area contributed by atoms with Gasteiger partial charge in [0.15, 0.2) is 0 Å². The summed E-state index contributed by atoms with van der Waals surface area (Å²) < 4.78 is 5.17. The summed E-state index contributed by atoms with van der Waals surface area (Å²) in [5, 5.41) is 14.3. The zero-order chi connectivity index (χ0) is 19.1. The predicted octanol–water partition coefficient (Wildman–Crippen LogP) is 2.45. The molecule has 28 heavy (non-hydrogen) atoms. The van der Waals surface area contributed by atoms with Crippen LogP contribution in [0, 0.1) is 0 Å². The van der Waals surface area contributed by atoms with Crippen LogP contribution >= 0.6 is 11.8 Å². The minimum Gasteiger partial charge on any atom is -0.279 e. The van der Waals surface area contributed by atoms with Crippen molar-refractivity contribution in [3.63, 3.8) is 0 Å². The Kier molecular flexibility index (Phi) is 3.94. The highest BCUT2D eigenvalue weighted by molar-refractivity contribution is 7.98. The van der Waals surface area contributed by atoms with Crippen molar-refractivity contribution in [2.24, 2.45) is 7.05 Å². The summed E-state index contributed by atoms with van der Waals surface area (Å²) in [6, 6.07) is 17.3. The molecule has 0 N–H and O–H groups in total. The first kappa shape index (κ1) is 16.7. The molecule has 0 amide bonds. The lowest BCUT2D eigenvalue weighted by atomic mass is 10.2. The molecule has 0 saturated heterocycles. The fourth-order valence-electron chi connectivity index (χ4n) is 3.13. The Morgan fingerprint density at radius 3 is 2.64 bits per heavy atom. The largest absolute Gasteiger partial charge is 0.279 e. The molecule has 2 aromatic carbocycles. The molecule has 0 aliphatic carbocycles. The molecule has 138 valence electrons. The minimum absolute atomic E-state index is 0.0852. The number of aryl methyl sites for hydroxylation is 1. The zero-order valence-corrected chi connectivity index (χ0v) is 15.7. The monoisotopic (exact) mass is 389 g/mol. The molecule has 0 fully saturated rings. The number of rotatable bonds is 4. The molecule has 0 atom stereocenters. The molecule has 5 rings (SSSR count). The lowest BCUT2D eigenvalue weighted by Gasteiger charge is -2.07. The van der Waals surface area contributed by atoms with Crippen molar-refractivity contribution < 1.29 is 0 Å². The fourth-order valence-corrected chi connectivity index (χ4v) is 3.85. The van der Waals surface area contributed by atoms with E-state index in [9.17, 15) is 4.79 Å². The van der Waals surface area contributed by atoms with E-state index >= 15 is 0 Å². The number of aromatic nitrogens is 7. The van der Waals surface area contributed by atoms with Crippen LogP contribution in [0.5, 0.6) is 0 Å². The molecule has 5 aromatic rings. The summed E-state index contributed by atoms with van der Waals surface area (Å²) in [5.74, 6) is 1.78. The van der Waals surface area contributed by atoms with E-state index < -0.39 is 0 Å². The Morgan fingerprint density at radius 1 is 1.00 bits per heavy atom. The van der Waals surface area contributed by atoms with Crippen LogP contribution in [-0.2, 0) is 12.8 Å². The molecule has 8 nitrogen and oxygen atoms in total. The highest BCUT2D eigenvalue weighted by Crippen LogP contribution is 2.21. The van der Waals surface area contributed by atoms with Gasteiger partial charge in [-0.3, -0.25) is 13.8 Å². The summed E-state index contributed by atoms with van der Waals surface area (Å²) in [7, 11) is 1.71. The van der Waals surface area contributed by atoms with Crippen LogP contribution in [0.3, 0.4) is 0 Å². The highest BCUT2D eigenvalue weighted by atomic mass is 32.2. The van der Waals surface area contributed by atoms with Gasteiger partial charge in [-0.15, -0.1) is 15.3 Å². The number of para-hydroxylation sites is 2. The fraction of sp³-hybridized carbons (Fsp3) is 0.105. The molecule has 0 radical (unpaired) electrons. The summed E-state index contributed by atoms with van der Waals surface area (Å²) >= 11 is 1.47. The van der Waals surface area contributed by atoms with Gasteiger partial charge in [0.2, 0.25) is 10.9 Å². The Balaban J connectivity index is 1.50. The van der Waals surface area contributed by atoms with E-state index in [4.69, 9.17) is 0 Å². The van der Waals surface area contributed by atoms with Crippen LogP contribution in [0.2, 0.25) is 0 Å². The summed E-state index contributed by atoms with van der Waals surface area (Å²) in [4.78, 5) is 16.9. The van der Waals surface area contributed by atoms with Crippen LogP contribution in [0.4, 0.5) is 0 Å². The topological polar surface area (TPSA) is 82.9 Å². The summed E-state index contributed by atoms with van der Waals surface area (Å²) in [6.07, 6.45) is 1.69. The van der Waals surface area contributed by atoms with Crippen LogP contribution in [0.25, 0.3) is 22.4 Å². The first-order valence-corrected chi connectivity index (χ1v) is 9.62. The number of nitrogens with zero attached hydrogens (tertiary/aromatic N) is 7. The smallest absolute Gasteiger partial charge is 0.262 e. The molecule has 0 bridgehead atoms. The third kappa shape index (κ3) is 2.67. The van der Waals surface area contributed by atoms with E-state index in [-0.39, 0.29) is 5.56 Å². The molecule has 9 heteroatoms. The second kappa shape index (κ2) is 6.61. The van der Waals surface area contributed by atoms with Gasteiger partial charge < -0.3 is 0 Å². The molecular formula is C19H15N7OS. The first-order chi connectivity index (χ1) is 13.7. The van der Waals surface area contributed by atoms with Crippen molar-refractivity contribution in [1.82, 2.24) is 33.9 Å². The highest BCUT2D eigenvalue weighted by Gasteiger charge is 2.15. The van der Waals surface area contributed by atoms with Gasteiger partial charge in [-0.2, -0.15) is 0 Å². The maximum atomic E-state index is 12.5. The van der Waals surface area contributed by atoms with Crippen LogP contribution in [0.15, 0.2) is 70.9 Å². The second-order valence-electron chi connectivity index (χ2n) is 6.23. The normalized spacial score (nSPS) is 11.5. The van der Waals surface area contributed by atoms with Gasteiger partial charge in [-0.05, 0) is 24.3 Å².